The molecule has 1 amide bonds. The summed E-state index contributed by atoms with van der Waals surface area (Å²) in [5.41, 5.74) is 3.43. The van der Waals surface area contributed by atoms with Gasteiger partial charge in [-0.1, -0.05) is 32.9 Å². The van der Waals surface area contributed by atoms with Crippen molar-refractivity contribution < 1.29 is 9.90 Å². The van der Waals surface area contributed by atoms with Gasteiger partial charge < -0.3 is 10.4 Å². The first-order chi connectivity index (χ1) is 11.2. The molecule has 1 unspecified atom stereocenters. The molecule has 2 aromatic rings. The van der Waals surface area contributed by atoms with Crippen molar-refractivity contribution in [3.05, 3.63) is 52.8 Å². The lowest BCUT2D eigenvalue weighted by Gasteiger charge is -2.25. The quantitative estimate of drug-likeness (QED) is 0.886. The third-order valence-corrected chi connectivity index (χ3v) is 4.08. The third kappa shape index (κ3) is 4.68. The van der Waals surface area contributed by atoms with E-state index in [0.717, 1.165) is 17.0 Å². The Labute approximate surface area is 143 Å². The molecule has 1 aromatic heterocycles. The second-order valence-corrected chi connectivity index (χ2v) is 7.38. The van der Waals surface area contributed by atoms with Crippen molar-refractivity contribution >= 4 is 5.91 Å². The Morgan fingerprint density at radius 3 is 2.58 bits per heavy atom. The van der Waals surface area contributed by atoms with Crippen molar-refractivity contribution in [2.24, 2.45) is 5.41 Å². The molecule has 0 aliphatic rings. The SMILES string of the molecule is Cc1cc(C)n(Cc2cccc(C(=O)NCC(O)C(C)(C)C)c2)n1. The van der Waals surface area contributed by atoms with E-state index in [1.54, 1.807) is 6.07 Å². The van der Waals surface area contributed by atoms with Crippen LogP contribution in [0, 0.1) is 19.3 Å². The molecule has 2 rings (SSSR count). The minimum atomic E-state index is -0.584. The maximum Gasteiger partial charge on any atom is 0.251 e. The summed E-state index contributed by atoms with van der Waals surface area (Å²) in [6.07, 6.45) is -0.584. The van der Waals surface area contributed by atoms with Crippen LogP contribution in [0.1, 0.15) is 48.1 Å². The van der Waals surface area contributed by atoms with Gasteiger partial charge in [-0.05, 0) is 43.0 Å². The first-order valence-corrected chi connectivity index (χ1v) is 8.23. The fourth-order valence-electron chi connectivity index (χ4n) is 2.42. The molecule has 0 aliphatic carbocycles. The Hall–Kier alpha value is -2.14. The van der Waals surface area contributed by atoms with Gasteiger partial charge in [0.2, 0.25) is 0 Å². The summed E-state index contributed by atoms with van der Waals surface area (Å²) in [5.74, 6) is -0.173. The number of carbonyl (C=O) groups excluding carboxylic acids is 1. The van der Waals surface area contributed by atoms with Gasteiger partial charge in [0, 0.05) is 17.8 Å². The third-order valence-electron chi connectivity index (χ3n) is 4.08. The molecule has 0 aliphatic heterocycles. The topological polar surface area (TPSA) is 67.2 Å². The molecular weight excluding hydrogens is 302 g/mol. The van der Waals surface area contributed by atoms with Gasteiger partial charge in [0.25, 0.3) is 5.91 Å². The average molecular weight is 329 g/mol. The summed E-state index contributed by atoms with van der Waals surface area (Å²) in [6, 6.07) is 9.54. The number of aromatic nitrogens is 2. The highest BCUT2D eigenvalue weighted by Gasteiger charge is 2.22. The normalized spacial score (nSPS) is 12.9. The fourth-order valence-corrected chi connectivity index (χ4v) is 2.42. The van der Waals surface area contributed by atoms with Gasteiger partial charge in [-0.25, -0.2) is 0 Å². The largest absolute Gasteiger partial charge is 0.391 e. The van der Waals surface area contributed by atoms with Crippen molar-refractivity contribution in [1.29, 1.82) is 0 Å². The number of benzene rings is 1. The van der Waals surface area contributed by atoms with Crippen LogP contribution in [-0.4, -0.2) is 33.4 Å². The Morgan fingerprint density at radius 1 is 1.29 bits per heavy atom. The standard InChI is InChI=1S/C19H27N3O2/c1-13-9-14(2)22(21-13)12-15-7-6-8-16(10-15)18(24)20-11-17(23)19(3,4)5/h6-10,17,23H,11-12H2,1-5H3,(H,20,24). The zero-order valence-corrected chi connectivity index (χ0v) is 15.1. The summed E-state index contributed by atoms with van der Waals surface area (Å²) >= 11 is 0. The highest BCUT2D eigenvalue weighted by molar-refractivity contribution is 5.94. The minimum Gasteiger partial charge on any atom is -0.391 e. The lowest BCUT2D eigenvalue weighted by atomic mass is 9.89. The molecule has 24 heavy (non-hydrogen) atoms. The van der Waals surface area contributed by atoms with E-state index in [1.165, 1.54) is 0 Å². The number of nitrogens with zero attached hydrogens (tertiary/aromatic N) is 2. The van der Waals surface area contributed by atoms with E-state index < -0.39 is 6.10 Å². The Kier molecular flexibility index (Phi) is 5.44. The van der Waals surface area contributed by atoms with E-state index in [9.17, 15) is 9.90 Å². The summed E-state index contributed by atoms with van der Waals surface area (Å²) in [7, 11) is 0. The molecule has 0 fully saturated rings. The van der Waals surface area contributed by atoms with Crippen LogP contribution in [0.15, 0.2) is 30.3 Å². The summed E-state index contributed by atoms with van der Waals surface area (Å²) < 4.78 is 1.93. The van der Waals surface area contributed by atoms with Crippen LogP contribution in [0.25, 0.3) is 0 Å². The maximum atomic E-state index is 12.3. The molecule has 1 heterocycles. The summed E-state index contributed by atoms with van der Waals surface area (Å²) in [6.45, 7) is 10.7. The van der Waals surface area contributed by atoms with Gasteiger partial charge in [-0.3, -0.25) is 9.48 Å². The molecule has 0 bridgehead atoms. The highest BCUT2D eigenvalue weighted by atomic mass is 16.3. The maximum absolute atomic E-state index is 12.3. The molecule has 130 valence electrons. The molecule has 5 heteroatoms. The first kappa shape index (κ1) is 18.2. The van der Waals surface area contributed by atoms with Crippen LogP contribution in [0.4, 0.5) is 0 Å². The monoisotopic (exact) mass is 329 g/mol. The first-order valence-electron chi connectivity index (χ1n) is 8.23. The number of hydrogen-bond donors (Lipinski definition) is 2. The van der Waals surface area contributed by atoms with Crippen LogP contribution in [0.3, 0.4) is 0 Å². The lowest BCUT2D eigenvalue weighted by Crippen LogP contribution is -2.39. The average Bonchev–Trinajstić information content (AvgIpc) is 2.81. The molecule has 0 saturated heterocycles. The molecule has 1 atom stereocenters. The van der Waals surface area contributed by atoms with Crippen molar-refractivity contribution in [3.63, 3.8) is 0 Å². The van der Waals surface area contributed by atoms with Crippen LogP contribution in [0.2, 0.25) is 0 Å². The van der Waals surface area contributed by atoms with Crippen LogP contribution in [-0.2, 0) is 6.54 Å². The number of nitrogens with one attached hydrogen (secondary N) is 1. The summed E-state index contributed by atoms with van der Waals surface area (Å²) in [5, 5.41) is 17.3. The Balaban J connectivity index is 2.04. The van der Waals surface area contributed by atoms with Crippen molar-refractivity contribution in [1.82, 2.24) is 15.1 Å². The number of aliphatic hydroxyl groups is 1. The molecule has 0 radical (unpaired) electrons. The Bertz CT molecular complexity index is 714. The number of amides is 1. The second-order valence-electron chi connectivity index (χ2n) is 7.38. The molecule has 0 saturated carbocycles. The second kappa shape index (κ2) is 7.18. The zero-order valence-electron chi connectivity index (χ0n) is 15.1. The molecule has 0 spiro atoms. The fraction of sp³-hybridized carbons (Fsp3) is 0.474. The van der Waals surface area contributed by atoms with E-state index in [-0.39, 0.29) is 17.9 Å². The van der Waals surface area contributed by atoms with Gasteiger partial charge in [0.05, 0.1) is 18.3 Å². The van der Waals surface area contributed by atoms with E-state index in [1.807, 2.05) is 63.6 Å². The van der Waals surface area contributed by atoms with Crippen LogP contribution >= 0.6 is 0 Å². The highest BCUT2D eigenvalue weighted by Crippen LogP contribution is 2.18. The minimum absolute atomic E-state index is 0.173. The molecule has 5 nitrogen and oxygen atoms in total. The van der Waals surface area contributed by atoms with Gasteiger partial charge >= 0.3 is 0 Å². The van der Waals surface area contributed by atoms with Crippen LogP contribution in [0.5, 0.6) is 0 Å². The number of rotatable bonds is 5. The molecule has 2 N–H and O–H groups in total. The lowest BCUT2D eigenvalue weighted by molar-refractivity contribution is 0.0587. The number of carbonyl (C=O) groups is 1. The predicted octanol–water partition coefficient (Wildman–Crippen LogP) is 2.69. The number of aliphatic hydroxyl groups excluding tert-OH is 1. The van der Waals surface area contributed by atoms with Crippen molar-refractivity contribution in [3.8, 4) is 0 Å². The molecule has 1 aromatic carbocycles. The number of hydrogen-bond acceptors (Lipinski definition) is 3. The van der Waals surface area contributed by atoms with Crippen molar-refractivity contribution in [2.75, 3.05) is 6.54 Å². The summed E-state index contributed by atoms with van der Waals surface area (Å²) in [4.78, 5) is 12.3. The number of aryl methyl sites for hydroxylation is 2. The van der Waals surface area contributed by atoms with Gasteiger partial charge in [-0.15, -0.1) is 0 Å². The smallest absolute Gasteiger partial charge is 0.251 e. The van der Waals surface area contributed by atoms with Gasteiger partial charge in [-0.2, -0.15) is 5.10 Å². The predicted molar refractivity (Wildman–Crippen MR) is 95.0 cm³/mol. The zero-order chi connectivity index (χ0) is 17.9. The molecular formula is C19H27N3O2. The van der Waals surface area contributed by atoms with Crippen molar-refractivity contribution in [2.45, 2.75) is 47.3 Å². The Morgan fingerprint density at radius 2 is 2.00 bits per heavy atom. The van der Waals surface area contributed by atoms with E-state index >= 15 is 0 Å². The van der Waals surface area contributed by atoms with E-state index in [0.29, 0.717) is 12.1 Å². The van der Waals surface area contributed by atoms with E-state index in [4.69, 9.17) is 0 Å². The van der Waals surface area contributed by atoms with E-state index in [2.05, 4.69) is 10.4 Å². The van der Waals surface area contributed by atoms with Crippen LogP contribution < -0.4 is 5.32 Å². The van der Waals surface area contributed by atoms with Gasteiger partial charge in [0.15, 0.2) is 0 Å². The van der Waals surface area contributed by atoms with Gasteiger partial charge in [0.1, 0.15) is 0 Å².